The van der Waals surface area contributed by atoms with Crippen molar-refractivity contribution in [2.75, 3.05) is 11.9 Å². The van der Waals surface area contributed by atoms with Crippen molar-refractivity contribution in [1.82, 2.24) is 5.32 Å². The standard InChI is InChI=1S/C10H12F2N2OS/c1-2-13-10(16)14-7-3-5-8(6-4-7)15-9(11)12/h3-6,9H,2H2,1H3,(H2,13,14,16). The number of benzene rings is 1. The summed E-state index contributed by atoms with van der Waals surface area (Å²) in [7, 11) is 0. The van der Waals surface area contributed by atoms with E-state index < -0.39 is 6.61 Å². The zero-order valence-electron chi connectivity index (χ0n) is 8.67. The summed E-state index contributed by atoms with van der Waals surface area (Å²) < 4.78 is 27.9. The molecule has 0 fully saturated rings. The first kappa shape index (κ1) is 12.6. The molecule has 0 heterocycles. The van der Waals surface area contributed by atoms with Gasteiger partial charge in [0.15, 0.2) is 5.11 Å². The third-order valence-electron chi connectivity index (χ3n) is 1.67. The lowest BCUT2D eigenvalue weighted by atomic mass is 10.3. The summed E-state index contributed by atoms with van der Waals surface area (Å²) in [4.78, 5) is 0. The highest BCUT2D eigenvalue weighted by molar-refractivity contribution is 7.80. The van der Waals surface area contributed by atoms with Crippen LogP contribution in [0.5, 0.6) is 5.75 Å². The predicted molar refractivity (Wildman–Crippen MR) is 63.0 cm³/mol. The number of hydrogen-bond acceptors (Lipinski definition) is 2. The van der Waals surface area contributed by atoms with E-state index >= 15 is 0 Å². The summed E-state index contributed by atoms with van der Waals surface area (Å²) in [6.07, 6.45) is 0. The van der Waals surface area contributed by atoms with Gasteiger partial charge in [-0.3, -0.25) is 0 Å². The van der Waals surface area contributed by atoms with E-state index in [1.807, 2.05) is 6.92 Å². The van der Waals surface area contributed by atoms with Gasteiger partial charge in [0.05, 0.1) is 0 Å². The lowest BCUT2D eigenvalue weighted by molar-refractivity contribution is -0.0498. The van der Waals surface area contributed by atoms with E-state index in [1.165, 1.54) is 12.1 Å². The molecule has 0 atom stereocenters. The van der Waals surface area contributed by atoms with Crippen molar-refractivity contribution in [3.05, 3.63) is 24.3 Å². The largest absolute Gasteiger partial charge is 0.435 e. The van der Waals surface area contributed by atoms with Gasteiger partial charge in [-0.15, -0.1) is 0 Å². The maximum atomic E-state index is 11.9. The van der Waals surface area contributed by atoms with Crippen molar-refractivity contribution in [3.63, 3.8) is 0 Å². The van der Waals surface area contributed by atoms with E-state index in [9.17, 15) is 8.78 Å². The molecule has 1 aromatic rings. The molecule has 0 aromatic heterocycles. The van der Waals surface area contributed by atoms with E-state index in [0.29, 0.717) is 10.8 Å². The highest BCUT2D eigenvalue weighted by atomic mass is 32.1. The van der Waals surface area contributed by atoms with Crippen LogP contribution in [0.3, 0.4) is 0 Å². The molecule has 88 valence electrons. The molecule has 0 saturated carbocycles. The van der Waals surface area contributed by atoms with Gasteiger partial charge in [0.25, 0.3) is 0 Å². The molecule has 1 aromatic carbocycles. The van der Waals surface area contributed by atoms with Crippen molar-refractivity contribution in [1.29, 1.82) is 0 Å². The molecule has 0 saturated heterocycles. The third-order valence-corrected chi connectivity index (χ3v) is 1.92. The Kier molecular flexibility index (Phi) is 4.91. The van der Waals surface area contributed by atoms with E-state index in [1.54, 1.807) is 12.1 Å². The number of nitrogens with one attached hydrogen (secondary N) is 2. The third kappa shape index (κ3) is 4.39. The molecule has 0 spiro atoms. The lowest BCUT2D eigenvalue weighted by Gasteiger charge is -2.09. The molecule has 0 radical (unpaired) electrons. The Balaban J connectivity index is 2.54. The second-order valence-corrected chi connectivity index (χ2v) is 3.30. The van der Waals surface area contributed by atoms with Gasteiger partial charge in [-0.1, -0.05) is 0 Å². The van der Waals surface area contributed by atoms with Gasteiger partial charge < -0.3 is 15.4 Å². The zero-order valence-corrected chi connectivity index (χ0v) is 9.48. The normalized spacial score (nSPS) is 10.0. The Hall–Kier alpha value is -1.43. The van der Waals surface area contributed by atoms with Gasteiger partial charge in [0.2, 0.25) is 0 Å². The number of rotatable bonds is 4. The number of halogens is 2. The minimum absolute atomic E-state index is 0.120. The van der Waals surface area contributed by atoms with Crippen molar-refractivity contribution in [3.8, 4) is 5.75 Å². The van der Waals surface area contributed by atoms with Crippen LogP contribution in [0.15, 0.2) is 24.3 Å². The first-order valence-corrected chi connectivity index (χ1v) is 5.12. The SMILES string of the molecule is CCNC(=S)Nc1ccc(OC(F)F)cc1. The topological polar surface area (TPSA) is 33.3 Å². The maximum Gasteiger partial charge on any atom is 0.387 e. The van der Waals surface area contributed by atoms with Crippen LogP contribution in [-0.4, -0.2) is 18.3 Å². The van der Waals surface area contributed by atoms with Crippen LogP contribution in [0.2, 0.25) is 0 Å². The molecule has 0 aliphatic heterocycles. The molecular formula is C10H12F2N2OS. The van der Waals surface area contributed by atoms with Crippen LogP contribution in [0, 0.1) is 0 Å². The number of thiocarbonyl (C=S) groups is 1. The van der Waals surface area contributed by atoms with Gasteiger partial charge in [-0.25, -0.2) is 0 Å². The molecule has 1 rings (SSSR count). The number of alkyl halides is 2. The van der Waals surface area contributed by atoms with E-state index in [0.717, 1.165) is 6.54 Å². The molecule has 0 amide bonds. The first-order valence-electron chi connectivity index (χ1n) is 4.71. The highest BCUT2D eigenvalue weighted by Gasteiger charge is 2.03. The second kappa shape index (κ2) is 6.22. The summed E-state index contributed by atoms with van der Waals surface area (Å²) in [6.45, 7) is -0.159. The fraction of sp³-hybridized carbons (Fsp3) is 0.300. The predicted octanol–water partition coefficient (Wildman–Crippen LogP) is 2.59. The first-order chi connectivity index (χ1) is 7.61. The van der Waals surface area contributed by atoms with Crippen molar-refractivity contribution in [2.24, 2.45) is 0 Å². The highest BCUT2D eigenvalue weighted by Crippen LogP contribution is 2.17. The summed E-state index contributed by atoms with van der Waals surface area (Å²) >= 11 is 4.96. The maximum absolute atomic E-state index is 11.9. The van der Waals surface area contributed by atoms with Crippen molar-refractivity contribution >= 4 is 23.0 Å². The Morgan fingerprint density at radius 1 is 1.38 bits per heavy atom. The molecule has 0 unspecified atom stereocenters. The van der Waals surface area contributed by atoms with Crippen LogP contribution in [0.1, 0.15) is 6.92 Å². The quantitative estimate of drug-likeness (QED) is 0.800. The lowest BCUT2D eigenvalue weighted by Crippen LogP contribution is -2.27. The fourth-order valence-corrected chi connectivity index (χ4v) is 1.32. The summed E-state index contributed by atoms with van der Waals surface area (Å²) in [6, 6.07) is 6.12. The fourth-order valence-electron chi connectivity index (χ4n) is 1.06. The van der Waals surface area contributed by atoms with Gasteiger partial charge in [-0.05, 0) is 43.4 Å². The van der Waals surface area contributed by atoms with E-state index in [-0.39, 0.29) is 5.75 Å². The Morgan fingerprint density at radius 2 is 2.00 bits per heavy atom. The summed E-state index contributed by atoms with van der Waals surface area (Å²) in [5.41, 5.74) is 0.715. The van der Waals surface area contributed by atoms with Gasteiger partial charge in [0.1, 0.15) is 5.75 Å². The molecular weight excluding hydrogens is 234 g/mol. The molecule has 0 aliphatic rings. The zero-order chi connectivity index (χ0) is 12.0. The molecule has 6 heteroatoms. The van der Waals surface area contributed by atoms with Gasteiger partial charge in [0, 0.05) is 12.2 Å². The summed E-state index contributed by atoms with van der Waals surface area (Å²) in [5.74, 6) is 0.120. The Morgan fingerprint density at radius 3 is 2.50 bits per heavy atom. The van der Waals surface area contributed by atoms with E-state index in [2.05, 4.69) is 15.4 Å². The molecule has 0 aliphatic carbocycles. The molecule has 0 bridgehead atoms. The van der Waals surface area contributed by atoms with E-state index in [4.69, 9.17) is 12.2 Å². The number of hydrogen-bond donors (Lipinski definition) is 2. The minimum Gasteiger partial charge on any atom is -0.435 e. The van der Waals surface area contributed by atoms with Gasteiger partial charge in [-0.2, -0.15) is 8.78 Å². The monoisotopic (exact) mass is 246 g/mol. The van der Waals surface area contributed by atoms with Gasteiger partial charge >= 0.3 is 6.61 Å². The second-order valence-electron chi connectivity index (χ2n) is 2.89. The average molecular weight is 246 g/mol. The minimum atomic E-state index is -2.80. The molecule has 16 heavy (non-hydrogen) atoms. The van der Waals surface area contributed by atoms with Crippen LogP contribution in [0.4, 0.5) is 14.5 Å². The van der Waals surface area contributed by atoms with Crippen molar-refractivity contribution in [2.45, 2.75) is 13.5 Å². The van der Waals surface area contributed by atoms with Crippen LogP contribution in [0.25, 0.3) is 0 Å². The van der Waals surface area contributed by atoms with Crippen LogP contribution < -0.4 is 15.4 Å². The number of anilines is 1. The molecule has 3 nitrogen and oxygen atoms in total. The smallest absolute Gasteiger partial charge is 0.387 e. The van der Waals surface area contributed by atoms with Crippen LogP contribution >= 0.6 is 12.2 Å². The Bertz CT molecular complexity index is 343. The Labute approximate surface area is 97.8 Å². The number of ether oxygens (including phenoxy) is 1. The average Bonchev–Trinajstić information content (AvgIpc) is 2.20. The van der Waals surface area contributed by atoms with Crippen LogP contribution in [-0.2, 0) is 0 Å². The molecule has 2 N–H and O–H groups in total. The van der Waals surface area contributed by atoms with Crippen molar-refractivity contribution < 1.29 is 13.5 Å². The summed E-state index contributed by atoms with van der Waals surface area (Å²) in [5, 5.41) is 6.30.